The Morgan fingerprint density at radius 3 is 2.48 bits per heavy atom. The van der Waals surface area contributed by atoms with Gasteiger partial charge in [-0.25, -0.2) is 4.79 Å². The molecule has 0 aromatic heterocycles. The first kappa shape index (κ1) is 20.0. The van der Waals surface area contributed by atoms with E-state index in [1.807, 2.05) is 19.9 Å². The van der Waals surface area contributed by atoms with Crippen LogP contribution in [0.15, 0.2) is 11.6 Å². The Bertz CT molecular complexity index is 740. The van der Waals surface area contributed by atoms with Crippen LogP contribution < -0.4 is 0 Å². The lowest BCUT2D eigenvalue weighted by Crippen LogP contribution is -2.64. The minimum absolute atomic E-state index is 0.0176. The van der Waals surface area contributed by atoms with Gasteiger partial charge < -0.3 is 24.1 Å². The third kappa shape index (κ3) is 2.93. The van der Waals surface area contributed by atoms with Crippen LogP contribution in [0, 0.1) is 22.7 Å². The third-order valence-corrected chi connectivity index (χ3v) is 8.77. The first-order valence-corrected chi connectivity index (χ1v) is 11.1. The SMILES string of the molecule is CC1(C)OC[C@@]2(C)C3CCC4(CO4)C(C/C=C4/C(=O)OC[C@H]4O)[C@@]3(C)CC[C@H]2O1. The molecule has 2 saturated carbocycles. The number of aliphatic hydroxyl groups excluding tert-OH is 1. The molecule has 7 atom stereocenters. The van der Waals surface area contributed by atoms with E-state index in [-0.39, 0.29) is 35.1 Å². The lowest BCUT2D eigenvalue weighted by Gasteiger charge is -2.64. The quantitative estimate of drug-likeness (QED) is 0.432. The van der Waals surface area contributed by atoms with Crippen molar-refractivity contribution in [2.45, 2.75) is 83.4 Å². The molecule has 5 rings (SSSR count). The van der Waals surface area contributed by atoms with Gasteiger partial charge in [-0.1, -0.05) is 19.9 Å². The van der Waals surface area contributed by atoms with Gasteiger partial charge in [0, 0.05) is 5.41 Å². The van der Waals surface area contributed by atoms with Gasteiger partial charge in [0.25, 0.3) is 0 Å². The maximum Gasteiger partial charge on any atom is 0.336 e. The minimum atomic E-state index is -0.804. The van der Waals surface area contributed by atoms with Crippen molar-refractivity contribution in [1.29, 1.82) is 0 Å². The van der Waals surface area contributed by atoms with E-state index in [2.05, 4.69) is 13.8 Å². The molecule has 6 nitrogen and oxygen atoms in total. The standard InChI is InChI=1S/C23H34O6/c1-20(2)27-12-22(4)16-7-10-23(13-28-23)17(21(16,3)9-8-18(22)29-20)6-5-14-15(24)11-26-19(14)25/h5,15-18,24H,6-13H2,1-4H3/b14-5+/t15-,16?,17?,18-,21+,22+,23?/m1/s1. The Kier molecular flexibility index (Phi) is 4.33. The number of cyclic esters (lactones) is 1. The predicted molar refractivity (Wildman–Crippen MR) is 105 cm³/mol. The molecule has 5 fully saturated rings. The summed E-state index contributed by atoms with van der Waals surface area (Å²) in [4.78, 5) is 12.0. The van der Waals surface area contributed by atoms with E-state index in [0.717, 1.165) is 45.3 Å². The fourth-order valence-electron chi connectivity index (χ4n) is 7.11. The van der Waals surface area contributed by atoms with Gasteiger partial charge in [-0.05, 0) is 63.2 Å². The van der Waals surface area contributed by atoms with Crippen LogP contribution in [0.25, 0.3) is 0 Å². The highest BCUT2D eigenvalue weighted by atomic mass is 16.7. The van der Waals surface area contributed by atoms with Crippen LogP contribution in [0.4, 0.5) is 0 Å². The number of aliphatic hydroxyl groups is 1. The van der Waals surface area contributed by atoms with Gasteiger partial charge >= 0.3 is 5.97 Å². The summed E-state index contributed by atoms with van der Waals surface area (Å²) in [6, 6.07) is 0. The first-order valence-electron chi connectivity index (χ1n) is 11.1. The monoisotopic (exact) mass is 406 g/mol. The Morgan fingerprint density at radius 2 is 1.83 bits per heavy atom. The average Bonchev–Trinajstić information content (AvgIpc) is 3.35. The zero-order valence-electron chi connectivity index (χ0n) is 18.0. The van der Waals surface area contributed by atoms with Crippen molar-refractivity contribution in [3.8, 4) is 0 Å². The summed E-state index contributed by atoms with van der Waals surface area (Å²) in [7, 11) is 0. The topological polar surface area (TPSA) is 77.5 Å². The fraction of sp³-hybridized carbons (Fsp3) is 0.870. The molecule has 162 valence electrons. The second kappa shape index (κ2) is 6.28. The van der Waals surface area contributed by atoms with Crippen LogP contribution in [0.2, 0.25) is 0 Å². The minimum Gasteiger partial charge on any atom is -0.459 e. The maximum absolute atomic E-state index is 12.0. The second-order valence-electron chi connectivity index (χ2n) is 10.9. The normalized spacial score (nSPS) is 52.2. The molecule has 0 amide bonds. The maximum atomic E-state index is 12.0. The van der Waals surface area contributed by atoms with Crippen molar-refractivity contribution >= 4 is 5.97 Å². The van der Waals surface area contributed by atoms with Gasteiger partial charge in [-0.2, -0.15) is 0 Å². The van der Waals surface area contributed by atoms with Crippen molar-refractivity contribution in [2.75, 3.05) is 19.8 Å². The number of carbonyl (C=O) groups is 1. The summed E-state index contributed by atoms with van der Waals surface area (Å²) < 4.78 is 23.6. The van der Waals surface area contributed by atoms with Crippen molar-refractivity contribution in [2.24, 2.45) is 22.7 Å². The number of hydrogen-bond acceptors (Lipinski definition) is 6. The molecule has 29 heavy (non-hydrogen) atoms. The zero-order valence-corrected chi connectivity index (χ0v) is 18.0. The third-order valence-electron chi connectivity index (χ3n) is 8.77. The Morgan fingerprint density at radius 1 is 1.07 bits per heavy atom. The van der Waals surface area contributed by atoms with Gasteiger partial charge in [0.15, 0.2) is 5.79 Å². The molecule has 1 N–H and O–H groups in total. The van der Waals surface area contributed by atoms with Gasteiger partial charge in [0.05, 0.1) is 30.5 Å². The first-order chi connectivity index (χ1) is 13.6. The van der Waals surface area contributed by atoms with Crippen molar-refractivity contribution < 1.29 is 28.8 Å². The number of epoxide rings is 1. The van der Waals surface area contributed by atoms with Gasteiger partial charge in [-0.3, -0.25) is 0 Å². The van der Waals surface area contributed by atoms with Crippen molar-refractivity contribution in [3.05, 3.63) is 11.6 Å². The summed E-state index contributed by atoms with van der Waals surface area (Å²) in [5.74, 6) is -0.109. The van der Waals surface area contributed by atoms with Crippen LogP contribution in [0.5, 0.6) is 0 Å². The smallest absolute Gasteiger partial charge is 0.336 e. The zero-order chi connectivity index (χ0) is 20.7. The Hall–Kier alpha value is -0.950. The number of rotatable bonds is 2. The number of hydrogen-bond donors (Lipinski definition) is 1. The number of allylic oxidation sites excluding steroid dienone is 1. The number of ether oxygens (including phenoxy) is 4. The van der Waals surface area contributed by atoms with Crippen LogP contribution in [-0.4, -0.2) is 54.5 Å². The second-order valence-corrected chi connectivity index (χ2v) is 10.9. The molecule has 3 unspecified atom stereocenters. The Labute approximate surface area is 172 Å². The molecule has 2 aliphatic carbocycles. The lowest BCUT2D eigenvalue weighted by atomic mass is 9.44. The van der Waals surface area contributed by atoms with E-state index in [9.17, 15) is 9.90 Å². The molecule has 6 heteroatoms. The molecular weight excluding hydrogens is 372 g/mol. The summed E-state index contributed by atoms with van der Waals surface area (Å²) in [6.45, 7) is 10.4. The highest BCUT2D eigenvalue weighted by molar-refractivity contribution is 5.91. The van der Waals surface area contributed by atoms with Gasteiger partial charge in [0.2, 0.25) is 0 Å². The average molecular weight is 407 g/mol. The highest BCUT2D eigenvalue weighted by Crippen LogP contribution is 2.67. The van der Waals surface area contributed by atoms with E-state index in [1.165, 1.54) is 0 Å². The van der Waals surface area contributed by atoms with Crippen LogP contribution in [0.1, 0.15) is 59.8 Å². The van der Waals surface area contributed by atoms with Gasteiger partial charge in [-0.15, -0.1) is 0 Å². The molecule has 3 aliphatic heterocycles. The van der Waals surface area contributed by atoms with Crippen LogP contribution in [0.3, 0.4) is 0 Å². The van der Waals surface area contributed by atoms with E-state index in [0.29, 0.717) is 17.4 Å². The van der Waals surface area contributed by atoms with Gasteiger partial charge in [0.1, 0.15) is 12.7 Å². The summed E-state index contributed by atoms with van der Waals surface area (Å²) in [5.41, 5.74) is 0.404. The molecular formula is C23H34O6. The summed E-state index contributed by atoms with van der Waals surface area (Å²) >= 11 is 0. The van der Waals surface area contributed by atoms with Crippen LogP contribution in [-0.2, 0) is 23.7 Å². The molecule has 3 saturated heterocycles. The predicted octanol–water partition coefficient (Wildman–Crippen LogP) is 2.97. The molecule has 0 radical (unpaired) electrons. The fourth-order valence-corrected chi connectivity index (χ4v) is 7.11. The van der Waals surface area contributed by atoms with E-state index < -0.39 is 11.9 Å². The van der Waals surface area contributed by atoms with Crippen molar-refractivity contribution in [3.63, 3.8) is 0 Å². The number of esters is 1. The van der Waals surface area contributed by atoms with Crippen LogP contribution >= 0.6 is 0 Å². The molecule has 3 heterocycles. The Balaban J connectivity index is 1.45. The van der Waals surface area contributed by atoms with E-state index in [1.54, 1.807) is 0 Å². The molecule has 0 aromatic rings. The molecule has 1 spiro atoms. The van der Waals surface area contributed by atoms with Crippen molar-refractivity contribution in [1.82, 2.24) is 0 Å². The molecule has 0 aromatic carbocycles. The summed E-state index contributed by atoms with van der Waals surface area (Å²) in [6.07, 6.45) is 6.33. The summed E-state index contributed by atoms with van der Waals surface area (Å²) in [5, 5.41) is 10.1. The molecule has 0 bridgehead atoms. The molecule has 5 aliphatic rings. The van der Waals surface area contributed by atoms with E-state index >= 15 is 0 Å². The number of fused-ring (bicyclic) bond motifs is 3. The largest absolute Gasteiger partial charge is 0.459 e. The highest BCUT2D eigenvalue weighted by Gasteiger charge is 2.68. The van der Waals surface area contributed by atoms with E-state index in [4.69, 9.17) is 18.9 Å². The lowest BCUT2D eigenvalue weighted by molar-refractivity contribution is -0.347. The number of carbonyl (C=O) groups excluding carboxylic acids is 1.